The molecule has 1 saturated heterocycles. The summed E-state index contributed by atoms with van der Waals surface area (Å²) in [5, 5.41) is 0.0909. The van der Waals surface area contributed by atoms with Gasteiger partial charge in [-0.25, -0.2) is 12.7 Å². The molecule has 2 heterocycles. The lowest BCUT2D eigenvalue weighted by atomic mass is 9.98. The molecule has 2 aromatic rings. The van der Waals surface area contributed by atoms with Crippen LogP contribution in [0.4, 0.5) is 5.69 Å². The zero-order valence-corrected chi connectivity index (χ0v) is 19.5. The van der Waals surface area contributed by atoms with E-state index in [9.17, 15) is 18.0 Å². The topological polar surface area (TPSA) is 93.2 Å². The van der Waals surface area contributed by atoms with Gasteiger partial charge in [-0.2, -0.15) is 0 Å². The minimum absolute atomic E-state index is 0.0909. The van der Waals surface area contributed by atoms with Crippen molar-refractivity contribution in [3.05, 3.63) is 52.0 Å². The number of fused-ring (bicyclic) bond motifs is 1. The summed E-state index contributed by atoms with van der Waals surface area (Å²) in [6.45, 7) is 2.44. The molecule has 32 heavy (non-hydrogen) atoms. The molecule has 1 fully saturated rings. The van der Waals surface area contributed by atoms with Gasteiger partial charge in [-0.1, -0.05) is 18.5 Å². The summed E-state index contributed by atoms with van der Waals surface area (Å²) in [7, 11) is -0.609. The van der Waals surface area contributed by atoms with E-state index in [0.29, 0.717) is 31.0 Å². The van der Waals surface area contributed by atoms with E-state index in [2.05, 4.69) is 0 Å². The molecule has 2 amide bonds. The average molecular weight is 479 g/mol. The Balaban J connectivity index is 1.59. The number of hydrogen-bond donors (Lipinski definition) is 0. The summed E-state index contributed by atoms with van der Waals surface area (Å²) in [5.41, 5.74) is 2.43. The Morgan fingerprint density at radius 1 is 1.09 bits per heavy atom. The van der Waals surface area contributed by atoms with Crippen LogP contribution in [0.25, 0.3) is 0 Å². The largest absolute Gasteiger partial charge is 0.493 e. The first-order valence-corrected chi connectivity index (χ1v) is 12.0. The number of carbonyl (C=O) groups excluding carboxylic acids is 2. The number of anilines is 1. The van der Waals surface area contributed by atoms with Crippen molar-refractivity contribution in [1.29, 1.82) is 0 Å². The van der Waals surface area contributed by atoms with Crippen molar-refractivity contribution < 1.29 is 27.5 Å². The van der Waals surface area contributed by atoms with Crippen LogP contribution in [0.2, 0.25) is 5.02 Å². The van der Waals surface area contributed by atoms with Gasteiger partial charge in [0.1, 0.15) is 0 Å². The number of sulfonamides is 1. The summed E-state index contributed by atoms with van der Waals surface area (Å²) in [6, 6.07) is 8.05. The highest BCUT2D eigenvalue weighted by Gasteiger charge is 2.42. The van der Waals surface area contributed by atoms with Gasteiger partial charge in [-0.15, -0.1) is 0 Å². The Morgan fingerprint density at radius 3 is 2.31 bits per heavy atom. The molecule has 0 aliphatic carbocycles. The SMILES string of the molecule is COc1cc2c(cc1OC)CN(C(=O)c1ccc(N3C(=O)[C@H](C)CS3(=O)=O)cc1Cl)CC2. The smallest absolute Gasteiger partial charge is 0.255 e. The maximum Gasteiger partial charge on any atom is 0.255 e. The normalized spacial score (nSPS) is 19.6. The summed E-state index contributed by atoms with van der Waals surface area (Å²) < 4.78 is 36.2. The van der Waals surface area contributed by atoms with Gasteiger partial charge in [0.25, 0.3) is 5.91 Å². The van der Waals surface area contributed by atoms with Gasteiger partial charge < -0.3 is 14.4 Å². The van der Waals surface area contributed by atoms with Crippen LogP contribution in [0.3, 0.4) is 0 Å². The molecule has 0 spiro atoms. The molecule has 4 rings (SSSR count). The lowest BCUT2D eigenvalue weighted by Crippen LogP contribution is -2.36. The van der Waals surface area contributed by atoms with Gasteiger partial charge in [-0.05, 0) is 47.9 Å². The fourth-order valence-electron chi connectivity index (χ4n) is 4.12. The van der Waals surface area contributed by atoms with Crippen molar-refractivity contribution in [2.24, 2.45) is 5.92 Å². The van der Waals surface area contributed by atoms with E-state index >= 15 is 0 Å². The Hall–Kier alpha value is -2.78. The first kappa shape index (κ1) is 22.4. The molecule has 2 aliphatic rings. The molecular formula is C22H23ClN2O6S. The van der Waals surface area contributed by atoms with Crippen LogP contribution in [-0.2, 0) is 27.8 Å². The second-order valence-electron chi connectivity index (χ2n) is 7.90. The van der Waals surface area contributed by atoms with Gasteiger partial charge in [0.05, 0.1) is 42.2 Å². The second kappa shape index (κ2) is 8.29. The van der Waals surface area contributed by atoms with Crippen molar-refractivity contribution >= 4 is 39.1 Å². The fourth-order valence-corrected chi connectivity index (χ4v) is 6.19. The molecule has 0 unspecified atom stereocenters. The Kier molecular flexibility index (Phi) is 5.81. The summed E-state index contributed by atoms with van der Waals surface area (Å²) in [6.07, 6.45) is 0.648. The zero-order valence-electron chi connectivity index (χ0n) is 17.9. The Morgan fingerprint density at radius 2 is 1.75 bits per heavy atom. The maximum atomic E-state index is 13.2. The second-order valence-corrected chi connectivity index (χ2v) is 10.2. The zero-order chi connectivity index (χ0) is 23.2. The van der Waals surface area contributed by atoms with E-state index in [-0.39, 0.29) is 27.9 Å². The van der Waals surface area contributed by atoms with Crippen LogP contribution in [0, 0.1) is 5.92 Å². The molecular weight excluding hydrogens is 456 g/mol. The third-order valence-corrected chi connectivity index (χ3v) is 7.96. The highest BCUT2D eigenvalue weighted by molar-refractivity contribution is 7.94. The summed E-state index contributed by atoms with van der Waals surface area (Å²) in [5.74, 6) is -0.405. The van der Waals surface area contributed by atoms with Gasteiger partial charge in [0.2, 0.25) is 15.9 Å². The Bertz CT molecular complexity index is 1210. The van der Waals surface area contributed by atoms with E-state index < -0.39 is 21.8 Å². The number of nitrogens with zero attached hydrogens (tertiary/aromatic N) is 2. The molecule has 8 nitrogen and oxygen atoms in total. The van der Waals surface area contributed by atoms with E-state index in [0.717, 1.165) is 15.4 Å². The number of amides is 2. The number of ether oxygens (including phenoxy) is 2. The molecule has 0 saturated carbocycles. The maximum absolute atomic E-state index is 13.2. The molecule has 2 aromatic carbocycles. The monoisotopic (exact) mass is 478 g/mol. The van der Waals surface area contributed by atoms with Crippen LogP contribution < -0.4 is 13.8 Å². The van der Waals surface area contributed by atoms with Gasteiger partial charge >= 0.3 is 0 Å². The summed E-state index contributed by atoms with van der Waals surface area (Å²) in [4.78, 5) is 27.2. The molecule has 0 N–H and O–H groups in total. The molecule has 10 heteroatoms. The fraction of sp³-hybridized carbons (Fsp3) is 0.364. The third-order valence-electron chi connectivity index (χ3n) is 5.78. The molecule has 1 atom stereocenters. The van der Waals surface area contributed by atoms with Crippen LogP contribution in [0.15, 0.2) is 30.3 Å². The van der Waals surface area contributed by atoms with Gasteiger partial charge in [0, 0.05) is 13.1 Å². The number of carbonyl (C=O) groups is 2. The minimum atomic E-state index is -3.75. The molecule has 0 aromatic heterocycles. The number of halogens is 1. The summed E-state index contributed by atoms with van der Waals surface area (Å²) >= 11 is 6.37. The predicted octanol–water partition coefficient (Wildman–Crippen LogP) is 2.87. The molecule has 0 bridgehead atoms. The van der Waals surface area contributed by atoms with E-state index in [1.807, 2.05) is 12.1 Å². The standard InChI is InChI=1S/C22H23ClN2O6S/c1-13-12-32(28,29)25(21(13)26)16-4-5-17(18(23)10-16)22(27)24-7-6-14-8-19(30-2)20(31-3)9-15(14)11-24/h4-5,8-10,13H,6-7,11-12H2,1-3H3/t13-/m1/s1. The third kappa shape index (κ3) is 3.80. The highest BCUT2D eigenvalue weighted by atomic mass is 35.5. The lowest BCUT2D eigenvalue weighted by molar-refractivity contribution is -0.119. The van der Waals surface area contributed by atoms with E-state index in [1.54, 1.807) is 26.0 Å². The van der Waals surface area contributed by atoms with Crippen LogP contribution in [0.1, 0.15) is 28.4 Å². The number of rotatable bonds is 4. The van der Waals surface area contributed by atoms with Crippen LogP contribution in [0.5, 0.6) is 11.5 Å². The number of methoxy groups -OCH3 is 2. The predicted molar refractivity (Wildman–Crippen MR) is 120 cm³/mol. The van der Waals surface area contributed by atoms with Crippen molar-refractivity contribution in [3.63, 3.8) is 0 Å². The highest BCUT2D eigenvalue weighted by Crippen LogP contribution is 2.35. The minimum Gasteiger partial charge on any atom is -0.493 e. The molecule has 2 aliphatic heterocycles. The first-order chi connectivity index (χ1) is 15.2. The van der Waals surface area contributed by atoms with Crippen LogP contribution >= 0.6 is 11.6 Å². The Labute approximate surface area is 191 Å². The van der Waals surface area contributed by atoms with Crippen molar-refractivity contribution in [1.82, 2.24) is 4.90 Å². The van der Waals surface area contributed by atoms with Crippen molar-refractivity contribution in [3.8, 4) is 11.5 Å². The van der Waals surface area contributed by atoms with Gasteiger partial charge in [0.15, 0.2) is 11.5 Å². The lowest BCUT2D eigenvalue weighted by Gasteiger charge is -2.30. The van der Waals surface area contributed by atoms with E-state index in [1.165, 1.54) is 18.2 Å². The van der Waals surface area contributed by atoms with E-state index in [4.69, 9.17) is 21.1 Å². The number of benzene rings is 2. The van der Waals surface area contributed by atoms with Crippen molar-refractivity contribution in [2.45, 2.75) is 19.9 Å². The van der Waals surface area contributed by atoms with Crippen LogP contribution in [-0.4, -0.2) is 51.6 Å². The molecule has 170 valence electrons. The average Bonchev–Trinajstić information content (AvgIpc) is 2.97. The van der Waals surface area contributed by atoms with Crippen molar-refractivity contribution in [2.75, 3.05) is 30.8 Å². The van der Waals surface area contributed by atoms with Gasteiger partial charge in [-0.3, -0.25) is 9.59 Å². The molecule has 0 radical (unpaired) electrons. The number of hydrogen-bond acceptors (Lipinski definition) is 6. The quantitative estimate of drug-likeness (QED) is 0.670. The first-order valence-electron chi connectivity index (χ1n) is 10.1.